The molecule has 0 aliphatic heterocycles. The van der Waals surface area contributed by atoms with E-state index in [1.165, 1.54) is 11.8 Å². The molecule has 4 heteroatoms. The molecule has 0 fully saturated rings. The van der Waals surface area contributed by atoms with Crippen LogP contribution >= 0.6 is 11.8 Å². The van der Waals surface area contributed by atoms with Crippen molar-refractivity contribution < 1.29 is 4.79 Å². The third kappa shape index (κ3) is 1.88. The summed E-state index contributed by atoms with van der Waals surface area (Å²) in [4.78, 5) is 21.9. The fraction of sp³-hybridized carbons (Fsp3) is 0.0556. The van der Waals surface area contributed by atoms with Crippen molar-refractivity contribution in [1.29, 1.82) is 0 Å². The first-order chi connectivity index (χ1) is 10.8. The SMILES string of the molecule is CSc1nc(-c2ccccc2)nc2c1C(=O)c1ccccc1-2. The predicted octanol–water partition coefficient (Wildman–Crippen LogP) is 4.08. The molecule has 1 aliphatic rings. The molecule has 0 bridgehead atoms. The fourth-order valence-corrected chi connectivity index (χ4v) is 3.30. The number of fused-ring (bicyclic) bond motifs is 3. The number of ketones is 1. The van der Waals surface area contributed by atoms with Gasteiger partial charge in [-0.2, -0.15) is 0 Å². The van der Waals surface area contributed by atoms with Crippen LogP contribution in [-0.4, -0.2) is 22.0 Å². The van der Waals surface area contributed by atoms with Crippen LogP contribution in [-0.2, 0) is 0 Å². The van der Waals surface area contributed by atoms with E-state index < -0.39 is 0 Å². The van der Waals surface area contributed by atoms with E-state index in [4.69, 9.17) is 0 Å². The zero-order valence-electron chi connectivity index (χ0n) is 11.9. The van der Waals surface area contributed by atoms with Crippen LogP contribution in [0.5, 0.6) is 0 Å². The Balaban J connectivity index is 2.01. The summed E-state index contributed by atoms with van der Waals surface area (Å²) in [5.74, 6) is 0.683. The Labute approximate surface area is 132 Å². The zero-order chi connectivity index (χ0) is 15.1. The maximum atomic E-state index is 12.6. The van der Waals surface area contributed by atoms with Gasteiger partial charge in [-0.05, 0) is 6.26 Å². The van der Waals surface area contributed by atoms with Gasteiger partial charge in [0.1, 0.15) is 5.03 Å². The van der Waals surface area contributed by atoms with Crippen molar-refractivity contribution in [3.05, 3.63) is 65.7 Å². The van der Waals surface area contributed by atoms with Gasteiger partial charge in [0.2, 0.25) is 0 Å². The Morgan fingerprint density at radius 3 is 2.27 bits per heavy atom. The van der Waals surface area contributed by atoms with Gasteiger partial charge in [0.15, 0.2) is 11.6 Å². The van der Waals surface area contributed by atoms with E-state index in [1.54, 1.807) is 0 Å². The molecule has 0 amide bonds. The number of nitrogens with zero attached hydrogens (tertiary/aromatic N) is 2. The minimum atomic E-state index is 0.0227. The van der Waals surface area contributed by atoms with Crippen molar-refractivity contribution in [3.8, 4) is 22.6 Å². The van der Waals surface area contributed by atoms with Gasteiger partial charge in [-0.1, -0.05) is 54.6 Å². The minimum absolute atomic E-state index is 0.0227. The van der Waals surface area contributed by atoms with Gasteiger partial charge in [0, 0.05) is 16.7 Å². The quantitative estimate of drug-likeness (QED) is 0.413. The first kappa shape index (κ1) is 13.2. The zero-order valence-corrected chi connectivity index (χ0v) is 12.7. The van der Waals surface area contributed by atoms with E-state index in [1.807, 2.05) is 60.9 Å². The number of carbonyl (C=O) groups excluding carboxylic acids is 1. The van der Waals surface area contributed by atoms with Crippen molar-refractivity contribution in [2.45, 2.75) is 5.03 Å². The number of hydrogen-bond acceptors (Lipinski definition) is 4. The third-order valence-electron chi connectivity index (χ3n) is 3.76. The van der Waals surface area contributed by atoms with Crippen molar-refractivity contribution in [3.63, 3.8) is 0 Å². The number of hydrogen-bond donors (Lipinski definition) is 0. The summed E-state index contributed by atoms with van der Waals surface area (Å²) in [6.45, 7) is 0. The first-order valence-electron chi connectivity index (χ1n) is 6.95. The van der Waals surface area contributed by atoms with Gasteiger partial charge < -0.3 is 0 Å². The van der Waals surface area contributed by atoms with Crippen LogP contribution in [0, 0.1) is 0 Å². The summed E-state index contributed by atoms with van der Waals surface area (Å²) in [6, 6.07) is 17.5. The molecule has 3 aromatic rings. The van der Waals surface area contributed by atoms with Crippen molar-refractivity contribution in [2.24, 2.45) is 0 Å². The van der Waals surface area contributed by atoms with Crippen LogP contribution in [0.3, 0.4) is 0 Å². The molecule has 3 nitrogen and oxygen atoms in total. The molecule has 22 heavy (non-hydrogen) atoms. The summed E-state index contributed by atoms with van der Waals surface area (Å²) in [7, 11) is 0. The van der Waals surface area contributed by atoms with Gasteiger partial charge in [-0.15, -0.1) is 11.8 Å². The summed E-state index contributed by atoms with van der Waals surface area (Å²) < 4.78 is 0. The highest BCUT2D eigenvalue weighted by molar-refractivity contribution is 7.98. The van der Waals surface area contributed by atoms with Crippen molar-refractivity contribution >= 4 is 17.5 Å². The average molecular weight is 304 g/mol. The largest absolute Gasteiger partial charge is 0.288 e. The van der Waals surface area contributed by atoms with Crippen LogP contribution in [0.4, 0.5) is 0 Å². The summed E-state index contributed by atoms with van der Waals surface area (Å²) in [5, 5.41) is 0.741. The Bertz CT molecular complexity index is 891. The molecule has 0 N–H and O–H groups in total. The third-order valence-corrected chi connectivity index (χ3v) is 4.44. The van der Waals surface area contributed by atoms with E-state index in [0.717, 1.165) is 21.8 Å². The predicted molar refractivity (Wildman–Crippen MR) is 88.1 cm³/mol. The summed E-state index contributed by atoms with van der Waals surface area (Å²) in [5.41, 5.74) is 3.95. The second-order valence-electron chi connectivity index (χ2n) is 5.02. The molecule has 1 aromatic heterocycles. The number of aromatic nitrogens is 2. The van der Waals surface area contributed by atoms with Gasteiger partial charge in [-0.3, -0.25) is 4.79 Å². The highest BCUT2D eigenvalue weighted by Crippen LogP contribution is 2.39. The van der Waals surface area contributed by atoms with E-state index in [2.05, 4.69) is 9.97 Å². The average Bonchev–Trinajstić information content (AvgIpc) is 2.88. The molecule has 0 radical (unpaired) electrons. The van der Waals surface area contributed by atoms with Crippen LogP contribution < -0.4 is 0 Å². The molecule has 0 unspecified atom stereocenters. The summed E-state index contributed by atoms with van der Waals surface area (Å²) >= 11 is 1.49. The molecular formula is C18H12N2OS. The molecule has 106 valence electrons. The van der Waals surface area contributed by atoms with Gasteiger partial charge in [-0.25, -0.2) is 9.97 Å². The molecule has 0 saturated carbocycles. The van der Waals surface area contributed by atoms with Crippen LogP contribution in [0.1, 0.15) is 15.9 Å². The highest BCUT2D eigenvalue weighted by Gasteiger charge is 2.31. The number of benzene rings is 2. The molecule has 0 atom stereocenters. The van der Waals surface area contributed by atoms with Crippen LogP contribution in [0.15, 0.2) is 59.6 Å². The van der Waals surface area contributed by atoms with E-state index in [-0.39, 0.29) is 5.78 Å². The number of thioether (sulfide) groups is 1. The monoisotopic (exact) mass is 304 g/mol. The Hall–Kier alpha value is -2.46. The van der Waals surface area contributed by atoms with Gasteiger partial charge in [0.05, 0.1) is 11.3 Å². The number of carbonyl (C=O) groups is 1. The number of rotatable bonds is 2. The molecular weight excluding hydrogens is 292 g/mol. The van der Waals surface area contributed by atoms with Crippen molar-refractivity contribution in [2.75, 3.05) is 6.26 Å². The lowest BCUT2D eigenvalue weighted by atomic mass is 10.1. The topological polar surface area (TPSA) is 42.9 Å². The maximum Gasteiger partial charge on any atom is 0.198 e. The van der Waals surface area contributed by atoms with Gasteiger partial charge in [0.25, 0.3) is 0 Å². The second kappa shape index (κ2) is 5.07. The molecule has 0 spiro atoms. The highest BCUT2D eigenvalue weighted by atomic mass is 32.2. The molecule has 1 heterocycles. The van der Waals surface area contributed by atoms with E-state index >= 15 is 0 Å². The van der Waals surface area contributed by atoms with Crippen molar-refractivity contribution in [1.82, 2.24) is 9.97 Å². The first-order valence-corrected chi connectivity index (χ1v) is 8.17. The Morgan fingerprint density at radius 2 is 1.55 bits per heavy atom. The molecule has 2 aromatic carbocycles. The second-order valence-corrected chi connectivity index (χ2v) is 5.82. The van der Waals surface area contributed by atoms with Gasteiger partial charge >= 0.3 is 0 Å². The lowest BCUT2D eigenvalue weighted by Crippen LogP contribution is -2.02. The Kier molecular flexibility index (Phi) is 3.05. The minimum Gasteiger partial charge on any atom is -0.288 e. The normalized spacial score (nSPS) is 12.1. The standard InChI is InChI=1S/C18H12N2OS/c1-22-18-14-15(12-9-5-6-10-13(12)16(14)21)19-17(20-18)11-7-3-2-4-8-11/h2-10H,1H3. The Morgan fingerprint density at radius 1 is 0.864 bits per heavy atom. The lowest BCUT2D eigenvalue weighted by molar-refractivity contribution is 0.104. The lowest BCUT2D eigenvalue weighted by Gasteiger charge is -2.07. The molecule has 0 saturated heterocycles. The van der Waals surface area contributed by atoms with Crippen LogP contribution in [0.25, 0.3) is 22.6 Å². The van der Waals surface area contributed by atoms with E-state index in [9.17, 15) is 4.79 Å². The molecule has 1 aliphatic carbocycles. The maximum absolute atomic E-state index is 12.6. The fourth-order valence-electron chi connectivity index (χ4n) is 2.73. The molecule has 4 rings (SSSR count). The summed E-state index contributed by atoms with van der Waals surface area (Å²) in [6.07, 6.45) is 1.94. The smallest absolute Gasteiger partial charge is 0.198 e. The van der Waals surface area contributed by atoms with E-state index in [0.29, 0.717) is 17.0 Å². The van der Waals surface area contributed by atoms with Crippen LogP contribution in [0.2, 0.25) is 0 Å².